The minimum atomic E-state index is -0.940. The van der Waals surface area contributed by atoms with Crippen molar-refractivity contribution in [1.82, 2.24) is 5.32 Å². The number of nitrogens with zero attached hydrogens (tertiary/aromatic N) is 1. The highest BCUT2D eigenvalue weighted by Gasteiger charge is 2.36. The van der Waals surface area contributed by atoms with Gasteiger partial charge in [-0.3, -0.25) is 9.69 Å². The van der Waals surface area contributed by atoms with E-state index in [4.69, 9.17) is 11.6 Å². The fourth-order valence-electron chi connectivity index (χ4n) is 2.08. The van der Waals surface area contributed by atoms with Crippen LogP contribution in [-0.4, -0.2) is 30.2 Å². The largest absolute Gasteiger partial charge is 0.481 e. The number of rotatable bonds is 3. The first kappa shape index (κ1) is 13.4. The van der Waals surface area contributed by atoms with E-state index >= 15 is 0 Å². The summed E-state index contributed by atoms with van der Waals surface area (Å²) in [6.45, 7) is 3.75. The monoisotopic (exact) mass is 280 g/mol. The molecule has 0 bridgehead atoms. The maximum absolute atomic E-state index is 12.0. The van der Waals surface area contributed by atoms with Gasteiger partial charge in [-0.25, -0.2) is 4.79 Å². The Hall–Kier alpha value is -2.01. The molecule has 19 heavy (non-hydrogen) atoms. The van der Waals surface area contributed by atoms with E-state index in [-0.39, 0.29) is 19.1 Å². The van der Waals surface area contributed by atoms with E-state index in [0.717, 1.165) is 0 Å². The molecule has 1 aliphatic rings. The van der Waals surface area contributed by atoms with Crippen LogP contribution in [0.1, 0.15) is 11.5 Å². The van der Waals surface area contributed by atoms with E-state index in [2.05, 4.69) is 11.9 Å². The van der Waals surface area contributed by atoms with Crippen LogP contribution in [0.4, 0.5) is 10.5 Å². The summed E-state index contributed by atoms with van der Waals surface area (Å²) in [5.74, 6) is -1.63. The van der Waals surface area contributed by atoms with E-state index < -0.39 is 11.9 Å². The average Bonchev–Trinajstić information content (AvgIpc) is 2.75. The number of amides is 2. The van der Waals surface area contributed by atoms with E-state index in [9.17, 15) is 14.7 Å². The second kappa shape index (κ2) is 5.32. The topological polar surface area (TPSA) is 69.6 Å². The zero-order valence-corrected chi connectivity index (χ0v) is 10.9. The zero-order chi connectivity index (χ0) is 14.0. The second-order valence-corrected chi connectivity index (χ2v) is 4.77. The molecule has 2 rings (SSSR count). The van der Waals surface area contributed by atoms with Crippen molar-refractivity contribution in [1.29, 1.82) is 0 Å². The summed E-state index contributed by atoms with van der Waals surface area (Å²) in [5, 5.41) is 12.1. The van der Waals surface area contributed by atoms with E-state index in [1.165, 1.54) is 4.90 Å². The standard InChI is InChI=1S/C13H13ClN2O3/c1-8(14)6-15-13(19)16-7-10(12(17)18)9-4-2-3-5-11(9)16/h2-5,10H,1,6-7H2,(H,15,19)(H,17,18). The van der Waals surface area contributed by atoms with Gasteiger partial charge in [0.05, 0.1) is 6.54 Å². The summed E-state index contributed by atoms with van der Waals surface area (Å²) >= 11 is 5.59. The molecular weight excluding hydrogens is 268 g/mol. The van der Waals surface area contributed by atoms with Gasteiger partial charge in [0, 0.05) is 17.3 Å². The third-order valence-electron chi connectivity index (χ3n) is 2.94. The van der Waals surface area contributed by atoms with Crippen molar-refractivity contribution in [2.45, 2.75) is 5.92 Å². The molecule has 100 valence electrons. The molecule has 2 amide bonds. The van der Waals surface area contributed by atoms with E-state index in [0.29, 0.717) is 16.3 Å². The Morgan fingerprint density at radius 1 is 1.47 bits per heavy atom. The van der Waals surface area contributed by atoms with Crippen molar-refractivity contribution in [2.75, 3.05) is 18.0 Å². The summed E-state index contributed by atoms with van der Waals surface area (Å²) in [6.07, 6.45) is 0. The molecule has 5 nitrogen and oxygen atoms in total. The van der Waals surface area contributed by atoms with Gasteiger partial charge in [-0.1, -0.05) is 36.4 Å². The molecule has 0 saturated carbocycles. The molecule has 0 aliphatic carbocycles. The minimum Gasteiger partial charge on any atom is -0.481 e. The third-order valence-corrected chi connectivity index (χ3v) is 3.08. The molecular formula is C13H13ClN2O3. The van der Waals surface area contributed by atoms with Gasteiger partial charge in [0.1, 0.15) is 5.92 Å². The van der Waals surface area contributed by atoms with Crippen LogP contribution in [0.15, 0.2) is 35.9 Å². The molecule has 1 unspecified atom stereocenters. The number of carbonyl (C=O) groups is 2. The summed E-state index contributed by atoms with van der Waals surface area (Å²) in [7, 11) is 0. The Morgan fingerprint density at radius 2 is 2.16 bits per heavy atom. The van der Waals surface area contributed by atoms with Gasteiger partial charge in [-0.05, 0) is 11.6 Å². The van der Waals surface area contributed by atoms with Crippen LogP contribution < -0.4 is 10.2 Å². The number of anilines is 1. The number of para-hydroxylation sites is 1. The van der Waals surface area contributed by atoms with Crippen molar-refractivity contribution in [3.63, 3.8) is 0 Å². The fraction of sp³-hybridized carbons (Fsp3) is 0.231. The number of carbonyl (C=O) groups excluding carboxylic acids is 1. The van der Waals surface area contributed by atoms with Crippen LogP contribution in [0.25, 0.3) is 0 Å². The quantitative estimate of drug-likeness (QED) is 0.891. The Balaban J connectivity index is 2.22. The Morgan fingerprint density at radius 3 is 2.79 bits per heavy atom. The van der Waals surface area contributed by atoms with Gasteiger partial charge in [0.15, 0.2) is 0 Å². The van der Waals surface area contributed by atoms with Crippen LogP contribution in [-0.2, 0) is 4.79 Å². The van der Waals surface area contributed by atoms with Gasteiger partial charge in [0.25, 0.3) is 0 Å². The van der Waals surface area contributed by atoms with Crippen LogP contribution in [0.3, 0.4) is 0 Å². The van der Waals surface area contributed by atoms with Gasteiger partial charge >= 0.3 is 12.0 Å². The first-order valence-electron chi connectivity index (χ1n) is 5.71. The van der Waals surface area contributed by atoms with Gasteiger partial charge < -0.3 is 10.4 Å². The molecule has 0 spiro atoms. The molecule has 1 heterocycles. The lowest BCUT2D eigenvalue weighted by molar-refractivity contribution is -0.138. The summed E-state index contributed by atoms with van der Waals surface area (Å²) in [5.41, 5.74) is 1.27. The predicted molar refractivity (Wildman–Crippen MR) is 72.6 cm³/mol. The summed E-state index contributed by atoms with van der Waals surface area (Å²) < 4.78 is 0. The Bertz CT molecular complexity index is 544. The number of hydrogen-bond donors (Lipinski definition) is 2. The molecule has 1 atom stereocenters. The number of carboxylic acid groups (broad SMARTS) is 1. The van der Waals surface area contributed by atoms with Crippen LogP contribution in [0, 0.1) is 0 Å². The van der Waals surface area contributed by atoms with Crippen LogP contribution in [0.5, 0.6) is 0 Å². The number of urea groups is 1. The molecule has 1 aromatic rings. The number of fused-ring (bicyclic) bond motifs is 1. The smallest absolute Gasteiger partial charge is 0.322 e. The van der Waals surface area contributed by atoms with Gasteiger partial charge in [-0.2, -0.15) is 0 Å². The third kappa shape index (κ3) is 2.71. The minimum absolute atomic E-state index is 0.120. The first-order chi connectivity index (χ1) is 9.00. The number of aliphatic carboxylic acids is 1. The second-order valence-electron chi connectivity index (χ2n) is 4.24. The fourth-order valence-corrected chi connectivity index (χ4v) is 2.14. The maximum atomic E-state index is 12.0. The molecule has 0 fully saturated rings. The van der Waals surface area contributed by atoms with Crippen LogP contribution in [0.2, 0.25) is 0 Å². The first-order valence-corrected chi connectivity index (χ1v) is 6.09. The lowest BCUT2D eigenvalue weighted by Crippen LogP contribution is -2.40. The highest BCUT2D eigenvalue weighted by molar-refractivity contribution is 6.29. The van der Waals surface area contributed by atoms with Crippen molar-refractivity contribution >= 4 is 29.3 Å². The lowest BCUT2D eigenvalue weighted by atomic mass is 10.0. The van der Waals surface area contributed by atoms with Crippen LogP contribution >= 0.6 is 11.6 Å². The number of carboxylic acids is 1. The maximum Gasteiger partial charge on any atom is 0.322 e. The number of nitrogens with one attached hydrogen (secondary N) is 1. The normalized spacial score (nSPS) is 16.9. The van der Waals surface area contributed by atoms with E-state index in [1.807, 2.05) is 0 Å². The molecule has 1 aromatic carbocycles. The highest BCUT2D eigenvalue weighted by atomic mass is 35.5. The lowest BCUT2D eigenvalue weighted by Gasteiger charge is -2.17. The predicted octanol–water partition coefficient (Wildman–Crippen LogP) is 2.14. The molecule has 0 saturated heterocycles. The van der Waals surface area contributed by atoms with Gasteiger partial charge in [-0.15, -0.1) is 0 Å². The van der Waals surface area contributed by atoms with Gasteiger partial charge in [0.2, 0.25) is 0 Å². The number of hydrogen-bond acceptors (Lipinski definition) is 2. The molecule has 0 aromatic heterocycles. The van der Waals surface area contributed by atoms with E-state index in [1.54, 1.807) is 24.3 Å². The van der Waals surface area contributed by atoms with Crippen molar-refractivity contribution in [3.8, 4) is 0 Å². The zero-order valence-electron chi connectivity index (χ0n) is 10.1. The van der Waals surface area contributed by atoms with Crippen molar-refractivity contribution < 1.29 is 14.7 Å². The summed E-state index contributed by atoms with van der Waals surface area (Å²) in [4.78, 5) is 24.6. The SMILES string of the molecule is C=C(Cl)CNC(=O)N1CC(C(=O)O)c2ccccc21. The van der Waals surface area contributed by atoms with Crippen molar-refractivity contribution in [3.05, 3.63) is 41.4 Å². The average molecular weight is 281 g/mol. The molecule has 1 aliphatic heterocycles. The Kier molecular flexibility index (Phi) is 3.76. The highest BCUT2D eigenvalue weighted by Crippen LogP contribution is 2.36. The van der Waals surface area contributed by atoms with Crippen molar-refractivity contribution in [2.24, 2.45) is 0 Å². The Labute approximate surface area is 115 Å². The summed E-state index contributed by atoms with van der Waals surface area (Å²) in [6, 6.07) is 6.61. The number of benzene rings is 1. The molecule has 2 N–H and O–H groups in total. The molecule has 6 heteroatoms. The molecule has 0 radical (unpaired) electrons. The number of halogens is 1.